The highest BCUT2D eigenvalue weighted by Gasteiger charge is 2.30. The van der Waals surface area contributed by atoms with Gasteiger partial charge in [0.15, 0.2) is 6.61 Å². The van der Waals surface area contributed by atoms with E-state index < -0.39 is 11.7 Å². The van der Waals surface area contributed by atoms with Crippen LogP contribution < -0.4 is 14.8 Å². The van der Waals surface area contributed by atoms with E-state index in [0.29, 0.717) is 10.8 Å². The molecule has 2 aromatic carbocycles. The zero-order valence-electron chi connectivity index (χ0n) is 14.0. The topological polar surface area (TPSA) is 47.6 Å². The molecule has 0 saturated carbocycles. The fourth-order valence-corrected chi connectivity index (χ4v) is 1.99. The van der Waals surface area contributed by atoms with Crippen molar-refractivity contribution in [2.24, 2.45) is 0 Å². The SMILES string of the molecule is O=C(COc1ccc(Cl)cc1)NCC#CCOc1cccc(C(F)(F)F)c1. The van der Waals surface area contributed by atoms with E-state index in [1.807, 2.05) is 0 Å². The van der Waals surface area contributed by atoms with Crippen LogP contribution in [0.15, 0.2) is 48.5 Å². The summed E-state index contributed by atoms with van der Waals surface area (Å²) in [5.41, 5.74) is -0.791. The Labute approximate surface area is 159 Å². The van der Waals surface area contributed by atoms with Gasteiger partial charge in [0, 0.05) is 5.02 Å². The van der Waals surface area contributed by atoms with Gasteiger partial charge in [-0.3, -0.25) is 4.79 Å². The third kappa shape index (κ3) is 7.50. The van der Waals surface area contributed by atoms with Crippen LogP contribution in [-0.4, -0.2) is 25.7 Å². The molecule has 2 rings (SSSR count). The number of hydrogen-bond acceptors (Lipinski definition) is 3. The van der Waals surface area contributed by atoms with Crippen molar-refractivity contribution >= 4 is 17.5 Å². The molecule has 1 amide bonds. The second-order valence-corrected chi connectivity index (χ2v) is 5.62. The minimum Gasteiger partial charge on any atom is -0.484 e. The lowest BCUT2D eigenvalue weighted by molar-refractivity contribution is -0.137. The van der Waals surface area contributed by atoms with Crippen LogP contribution in [-0.2, 0) is 11.0 Å². The van der Waals surface area contributed by atoms with Gasteiger partial charge in [-0.15, -0.1) is 0 Å². The molecule has 0 aliphatic rings. The third-order valence-electron chi connectivity index (χ3n) is 3.15. The lowest BCUT2D eigenvalue weighted by Gasteiger charge is -2.08. The summed E-state index contributed by atoms with van der Waals surface area (Å²) in [6.07, 6.45) is -4.43. The van der Waals surface area contributed by atoms with Gasteiger partial charge in [0.25, 0.3) is 5.91 Å². The van der Waals surface area contributed by atoms with Crippen molar-refractivity contribution in [3.63, 3.8) is 0 Å². The summed E-state index contributed by atoms with van der Waals surface area (Å²) in [6.45, 7) is -0.211. The Bertz CT molecular complexity index is 827. The van der Waals surface area contributed by atoms with E-state index in [2.05, 4.69) is 17.2 Å². The normalized spacial score (nSPS) is 10.5. The van der Waals surface area contributed by atoms with E-state index in [1.165, 1.54) is 12.1 Å². The van der Waals surface area contributed by atoms with Gasteiger partial charge in [-0.25, -0.2) is 0 Å². The minimum absolute atomic E-state index is 0.0642. The number of nitrogens with one attached hydrogen (secondary N) is 1. The molecule has 0 radical (unpaired) electrons. The first-order valence-electron chi connectivity index (χ1n) is 7.75. The Balaban J connectivity index is 1.67. The molecule has 0 aliphatic heterocycles. The Kier molecular flexibility index (Phi) is 7.38. The maximum absolute atomic E-state index is 12.6. The van der Waals surface area contributed by atoms with Gasteiger partial charge in [-0.1, -0.05) is 29.5 Å². The second kappa shape index (κ2) is 9.74. The molecule has 1 N–H and O–H groups in total. The van der Waals surface area contributed by atoms with Crippen LogP contribution in [0, 0.1) is 11.8 Å². The predicted octanol–water partition coefficient (Wildman–Crippen LogP) is 3.94. The highest BCUT2D eigenvalue weighted by molar-refractivity contribution is 6.30. The summed E-state index contributed by atoms with van der Waals surface area (Å²) < 4.78 is 48.1. The van der Waals surface area contributed by atoms with E-state index >= 15 is 0 Å². The maximum atomic E-state index is 12.6. The van der Waals surface area contributed by atoms with Crippen molar-refractivity contribution in [1.82, 2.24) is 5.32 Å². The zero-order chi connectivity index (χ0) is 19.7. The molecule has 0 spiro atoms. The summed E-state index contributed by atoms with van der Waals surface area (Å²) in [5, 5.41) is 3.09. The number of amides is 1. The fourth-order valence-electron chi connectivity index (χ4n) is 1.87. The van der Waals surface area contributed by atoms with E-state index in [4.69, 9.17) is 21.1 Å². The fraction of sp³-hybridized carbons (Fsp3) is 0.211. The molecule has 142 valence electrons. The monoisotopic (exact) mass is 397 g/mol. The van der Waals surface area contributed by atoms with Crippen LogP contribution in [0.1, 0.15) is 5.56 Å². The van der Waals surface area contributed by atoms with E-state index in [0.717, 1.165) is 12.1 Å². The average Bonchev–Trinajstić information content (AvgIpc) is 2.63. The van der Waals surface area contributed by atoms with Gasteiger partial charge in [-0.2, -0.15) is 13.2 Å². The molecule has 0 aliphatic carbocycles. The van der Waals surface area contributed by atoms with Gasteiger partial charge >= 0.3 is 6.18 Å². The first-order valence-corrected chi connectivity index (χ1v) is 8.13. The smallest absolute Gasteiger partial charge is 0.416 e. The molecular formula is C19H15ClF3NO3. The van der Waals surface area contributed by atoms with Crippen molar-refractivity contribution in [2.45, 2.75) is 6.18 Å². The van der Waals surface area contributed by atoms with Crippen LogP contribution in [0.2, 0.25) is 5.02 Å². The summed E-state index contributed by atoms with van der Waals surface area (Å²) in [4.78, 5) is 11.6. The number of ether oxygens (including phenoxy) is 2. The lowest BCUT2D eigenvalue weighted by atomic mass is 10.2. The molecule has 8 heteroatoms. The first-order chi connectivity index (χ1) is 12.8. The zero-order valence-corrected chi connectivity index (χ0v) is 14.7. The number of hydrogen-bond donors (Lipinski definition) is 1. The molecule has 4 nitrogen and oxygen atoms in total. The first kappa shape index (κ1) is 20.5. The number of rotatable bonds is 6. The minimum atomic E-state index is -4.43. The Morgan fingerprint density at radius 1 is 1.04 bits per heavy atom. The number of carbonyl (C=O) groups excluding carboxylic acids is 1. The Hall–Kier alpha value is -2.85. The molecule has 0 fully saturated rings. The summed E-state index contributed by atoms with van der Waals surface area (Å²) in [7, 11) is 0. The van der Waals surface area contributed by atoms with Crippen molar-refractivity contribution in [2.75, 3.05) is 19.8 Å². The Morgan fingerprint density at radius 3 is 2.48 bits per heavy atom. The molecule has 27 heavy (non-hydrogen) atoms. The van der Waals surface area contributed by atoms with Crippen molar-refractivity contribution in [3.05, 3.63) is 59.1 Å². The van der Waals surface area contributed by atoms with Crippen molar-refractivity contribution in [3.8, 4) is 23.3 Å². The number of alkyl halides is 3. The highest BCUT2D eigenvalue weighted by Crippen LogP contribution is 2.31. The van der Waals surface area contributed by atoms with Gasteiger partial charge in [-0.05, 0) is 42.5 Å². The molecule has 2 aromatic rings. The largest absolute Gasteiger partial charge is 0.484 e. The average molecular weight is 398 g/mol. The molecule has 0 bridgehead atoms. The van der Waals surface area contributed by atoms with Crippen LogP contribution in [0.4, 0.5) is 13.2 Å². The van der Waals surface area contributed by atoms with Gasteiger partial charge in [0.2, 0.25) is 0 Å². The molecule has 0 saturated heterocycles. The van der Waals surface area contributed by atoms with E-state index in [1.54, 1.807) is 24.3 Å². The number of halogens is 4. The quantitative estimate of drug-likeness (QED) is 0.751. The van der Waals surface area contributed by atoms with Gasteiger partial charge in [0.05, 0.1) is 12.1 Å². The summed E-state index contributed by atoms with van der Waals surface area (Å²) >= 11 is 5.74. The molecule has 0 aromatic heterocycles. The van der Waals surface area contributed by atoms with Gasteiger partial charge < -0.3 is 14.8 Å². The Morgan fingerprint density at radius 2 is 1.78 bits per heavy atom. The molecule has 0 atom stereocenters. The maximum Gasteiger partial charge on any atom is 0.416 e. The summed E-state index contributed by atoms with van der Waals surface area (Å²) in [5.74, 6) is 5.45. The lowest BCUT2D eigenvalue weighted by Crippen LogP contribution is -2.29. The van der Waals surface area contributed by atoms with Crippen LogP contribution in [0.25, 0.3) is 0 Å². The van der Waals surface area contributed by atoms with Crippen molar-refractivity contribution < 1.29 is 27.4 Å². The van der Waals surface area contributed by atoms with E-state index in [9.17, 15) is 18.0 Å². The third-order valence-corrected chi connectivity index (χ3v) is 3.41. The van der Waals surface area contributed by atoms with Crippen LogP contribution in [0.3, 0.4) is 0 Å². The number of benzene rings is 2. The highest BCUT2D eigenvalue weighted by atomic mass is 35.5. The standard InChI is InChI=1S/C19H15ClF3NO3/c20-15-6-8-16(9-7-15)27-13-18(25)24-10-1-2-11-26-17-5-3-4-14(12-17)19(21,22)23/h3-9,12H,10-11,13H2,(H,24,25). The molecular weight excluding hydrogens is 383 g/mol. The number of carbonyl (C=O) groups is 1. The molecule has 0 heterocycles. The van der Waals surface area contributed by atoms with Gasteiger partial charge in [0.1, 0.15) is 18.1 Å². The van der Waals surface area contributed by atoms with Crippen LogP contribution in [0.5, 0.6) is 11.5 Å². The predicted molar refractivity (Wildman–Crippen MR) is 94.7 cm³/mol. The van der Waals surface area contributed by atoms with Crippen molar-refractivity contribution in [1.29, 1.82) is 0 Å². The van der Waals surface area contributed by atoms with Crippen LogP contribution >= 0.6 is 11.6 Å². The van der Waals surface area contributed by atoms with E-state index in [-0.39, 0.29) is 31.4 Å². The molecule has 0 unspecified atom stereocenters. The summed E-state index contributed by atoms with van der Waals surface area (Å²) in [6, 6.07) is 11.1. The second-order valence-electron chi connectivity index (χ2n) is 5.19.